The zero-order chi connectivity index (χ0) is 44.9. The number of esters is 2. The van der Waals surface area contributed by atoms with E-state index in [0.29, 0.717) is 19.4 Å². The van der Waals surface area contributed by atoms with Crippen LogP contribution < -0.4 is 0 Å². The summed E-state index contributed by atoms with van der Waals surface area (Å²) < 4.78 is 17.4. The van der Waals surface area contributed by atoms with E-state index in [1.54, 1.807) is 0 Å². The van der Waals surface area contributed by atoms with Crippen LogP contribution in [0.5, 0.6) is 0 Å². The number of allylic oxidation sites excluding steroid dienone is 10. The molecule has 0 N–H and O–H groups in total. The Hall–Kier alpha value is -2.40. The normalized spacial score (nSPS) is 12.6. The van der Waals surface area contributed by atoms with Crippen LogP contribution in [0, 0.1) is 0 Å². The summed E-state index contributed by atoms with van der Waals surface area (Å²) in [5, 5.41) is 0. The first-order chi connectivity index (χ1) is 30.6. The molecule has 0 bridgehead atoms. The molecule has 0 fully saturated rings. The van der Waals surface area contributed by atoms with Gasteiger partial charge >= 0.3 is 11.9 Å². The van der Waals surface area contributed by atoms with Crippen LogP contribution in [0.15, 0.2) is 60.8 Å². The molecule has 0 amide bonds. The van der Waals surface area contributed by atoms with Crippen molar-refractivity contribution in [1.82, 2.24) is 0 Å². The van der Waals surface area contributed by atoms with Gasteiger partial charge in [-0.15, -0.1) is 0 Å². The molecular formula is C57H102O5. The molecule has 0 heterocycles. The quantitative estimate of drug-likeness (QED) is 0.0346. The molecule has 1 unspecified atom stereocenters. The van der Waals surface area contributed by atoms with Crippen LogP contribution >= 0.6 is 0 Å². The molecule has 62 heavy (non-hydrogen) atoms. The molecule has 0 saturated heterocycles. The fourth-order valence-electron chi connectivity index (χ4n) is 7.49. The fraction of sp³-hybridized carbons (Fsp3) is 0.789. The van der Waals surface area contributed by atoms with Gasteiger partial charge in [0.1, 0.15) is 6.61 Å². The first-order valence-electron chi connectivity index (χ1n) is 26.8. The Morgan fingerprint density at radius 3 is 1.11 bits per heavy atom. The number of hydrogen-bond acceptors (Lipinski definition) is 5. The van der Waals surface area contributed by atoms with Crippen molar-refractivity contribution in [2.24, 2.45) is 0 Å². The average molecular weight is 867 g/mol. The van der Waals surface area contributed by atoms with E-state index >= 15 is 0 Å². The van der Waals surface area contributed by atoms with Crippen molar-refractivity contribution in [3.05, 3.63) is 60.8 Å². The minimum Gasteiger partial charge on any atom is -0.462 e. The molecule has 5 nitrogen and oxygen atoms in total. The first kappa shape index (κ1) is 59.6. The molecule has 0 aromatic heterocycles. The molecule has 0 aromatic rings. The topological polar surface area (TPSA) is 61.8 Å². The maximum Gasteiger partial charge on any atom is 0.306 e. The molecule has 0 aliphatic rings. The number of carbonyl (C=O) groups is 2. The summed E-state index contributed by atoms with van der Waals surface area (Å²) in [6.45, 7) is 7.76. The van der Waals surface area contributed by atoms with Crippen LogP contribution in [0.2, 0.25) is 0 Å². The van der Waals surface area contributed by atoms with Gasteiger partial charge in [-0.3, -0.25) is 9.59 Å². The summed E-state index contributed by atoms with van der Waals surface area (Å²) in [7, 11) is 0. The third-order valence-electron chi connectivity index (χ3n) is 11.5. The highest BCUT2D eigenvalue weighted by Gasteiger charge is 2.17. The molecule has 0 aliphatic heterocycles. The monoisotopic (exact) mass is 867 g/mol. The van der Waals surface area contributed by atoms with Crippen LogP contribution in [0.25, 0.3) is 0 Å². The van der Waals surface area contributed by atoms with Gasteiger partial charge in [0, 0.05) is 19.4 Å². The lowest BCUT2D eigenvalue weighted by molar-refractivity contribution is -0.163. The summed E-state index contributed by atoms with van der Waals surface area (Å²) in [5.74, 6) is -0.410. The van der Waals surface area contributed by atoms with E-state index in [-0.39, 0.29) is 25.2 Å². The predicted octanol–water partition coefficient (Wildman–Crippen LogP) is 18.1. The van der Waals surface area contributed by atoms with Gasteiger partial charge in [-0.1, -0.05) is 223 Å². The zero-order valence-electron chi connectivity index (χ0n) is 41.4. The van der Waals surface area contributed by atoms with E-state index in [4.69, 9.17) is 14.2 Å². The van der Waals surface area contributed by atoms with Gasteiger partial charge < -0.3 is 14.2 Å². The van der Waals surface area contributed by atoms with Gasteiger partial charge in [0.15, 0.2) is 6.10 Å². The van der Waals surface area contributed by atoms with Crippen molar-refractivity contribution in [2.45, 2.75) is 271 Å². The van der Waals surface area contributed by atoms with E-state index in [2.05, 4.69) is 81.5 Å². The van der Waals surface area contributed by atoms with Crippen LogP contribution in [-0.4, -0.2) is 37.9 Å². The van der Waals surface area contributed by atoms with Crippen molar-refractivity contribution in [2.75, 3.05) is 19.8 Å². The molecule has 1 atom stereocenters. The Morgan fingerprint density at radius 1 is 0.355 bits per heavy atom. The summed E-state index contributed by atoms with van der Waals surface area (Å²) in [5.41, 5.74) is 0. The predicted molar refractivity (Wildman–Crippen MR) is 270 cm³/mol. The van der Waals surface area contributed by atoms with Gasteiger partial charge in [0.05, 0.1) is 6.61 Å². The van der Waals surface area contributed by atoms with Crippen molar-refractivity contribution < 1.29 is 23.8 Å². The molecular weight excluding hydrogens is 765 g/mol. The highest BCUT2D eigenvalue weighted by Crippen LogP contribution is 2.14. The van der Waals surface area contributed by atoms with Crippen molar-refractivity contribution in [1.29, 1.82) is 0 Å². The van der Waals surface area contributed by atoms with Crippen LogP contribution in [-0.2, 0) is 23.8 Å². The Balaban J connectivity index is 4.26. The number of hydrogen-bond donors (Lipinski definition) is 0. The summed E-state index contributed by atoms with van der Waals surface area (Å²) in [6.07, 6.45) is 66.5. The van der Waals surface area contributed by atoms with Crippen LogP contribution in [0.1, 0.15) is 265 Å². The van der Waals surface area contributed by atoms with Crippen molar-refractivity contribution in [3.63, 3.8) is 0 Å². The lowest BCUT2D eigenvalue weighted by Crippen LogP contribution is -2.30. The highest BCUT2D eigenvalue weighted by atomic mass is 16.6. The van der Waals surface area contributed by atoms with Gasteiger partial charge in [0.2, 0.25) is 0 Å². The molecule has 0 aliphatic carbocycles. The third kappa shape index (κ3) is 50.2. The standard InChI is InChI=1S/C57H102O5/c1-4-7-10-13-16-19-22-24-26-28-29-30-31-33-36-38-41-44-47-50-56(58)61-54-55(62-57(59)51-48-45-42-39-35-21-18-15-12-9-6-3)53-60-52-49-46-43-40-37-34-32-27-25-23-20-17-14-11-8-5-2/h16-17,19-20,24-27,29-30,55H,4-15,18,21-23,28,31-54H2,1-3H3/b19-16-,20-17-,26-24-,27-25-,30-29-. The minimum absolute atomic E-state index is 0.0754. The largest absolute Gasteiger partial charge is 0.462 e. The second-order valence-corrected chi connectivity index (χ2v) is 17.8. The molecule has 0 saturated carbocycles. The molecule has 5 heteroatoms. The maximum absolute atomic E-state index is 12.8. The van der Waals surface area contributed by atoms with E-state index in [1.165, 1.54) is 161 Å². The summed E-state index contributed by atoms with van der Waals surface area (Å²) in [4.78, 5) is 25.4. The van der Waals surface area contributed by atoms with E-state index in [0.717, 1.165) is 70.6 Å². The number of carbonyl (C=O) groups excluding carboxylic acids is 2. The lowest BCUT2D eigenvalue weighted by atomic mass is 10.1. The van der Waals surface area contributed by atoms with Crippen LogP contribution in [0.4, 0.5) is 0 Å². The molecule has 0 spiro atoms. The molecule has 0 aromatic carbocycles. The van der Waals surface area contributed by atoms with E-state index < -0.39 is 6.10 Å². The highest BCUT2D eigenvalue weighted by molar-refractivity contribution is 5.70. The van der Waals surface area contributed by atoms with E-state index in [9.17, 15) is 9.59 Å². The summed E-state index contributed by atoms with van der Waals surface area (Å²) in [6, 6.07) is 0. The SMILES string of the molecule is CCCCC/C=C\C/C=C\C/C=C\CCCCCCCCC(=O)OCC(COCCCCCCCC/C=C\C/C=C\CCCCC)OC(=O)CCCCCCCCCCCCC. The molecule has 0 rings (SSSR count). The van der Waals surface area contributed by atoms with Gasteiger partial charge in [0.25, 0.3) is 0 Å². The van der Waals surface area contributed by atoms with Crippen LogP contribution in [0.3, 0.4) is 0 Å². The Kier molecular flexibility index (Phi) is 50.9. The number of rotatable bonds is 49. The smallest absolute Gasteiger partial charge is 0.306 e. The summed E-state index contributed by atoms with van der Waals surface area (Å²) >= 11 is 0. The van der Waals surface area contributed by atoms with Gasteiger partial charge in [-0.25, -0.2) is 0 Å². The van der Waals surface area contributed by atoms with Crippen molar-refractivity contribution in [3.8, 4) is 0 Å². The Labute approximate surface area is 385 Å². The molecule has 0 radical (unpaired) electrons. The van der Waals surface area contributed by atoms with Gasteiger partial charge in [-0.2, -0.15) is 0 Å². The van der Waals surface area contributed by atoms with E-state index in [1.807, 2.05) is 0 Å². The average Bonchev–Trinajstić information content (AvgIpc) is 3.27. The zero-order valence-corrected chi connectivity index (χ0v) is 41.4. The fourth-order valence-corrected chi connectivity index (χ4v) is 7.49. The van der Waals surface area contributed by atoms with Gasteiger partial charge in [-0.05, 0) is 89.9 Å². The maximum atomic E-state index is 12.8. The third-order valence-corrected chi connectivity index (χ3v) is 11.5. The Morgan fingerprint density at radius 2 is 0.677 bits per heavy atom. The number of ether oxygens (including phenoxy) is 3. The second kappa shape index (κ2) is 52.9. The minimum atomic E-state index is -0.545. The number of unbranched alkanes of at least 4 members (excludes halogenated alkanes) is 28. The first-order valence-corrected chi connectivity index (χ1v) is 26.8. The molecule has 360 valence electrons. The Bertz CT molecular complexity index is 1070. The second-order valence-electron chi connectivity index (χ2n) is 17.8. The lowest BCUT2D eigenvalue weighted by Gasteiger charge is -2.18. The van der Waals surface area contributed by atoms with Crippen molar-refractivity contribution >= 4 is 11.9 Å².